The summed E-state index contributed by atoms with van der Waals surface area (Å²) < 4.78 is 0. The van der Waals surface area contributed by atoms with Crippen molar-refractivity contribution >= 4 is 11.4 Å². The van der Waals surface area contributed by atoms with Gasteiger partial charge in [0.1, 0.15) is 0 Å². The zero-order valence-electron chi connectivity index (χ0n) is 10.4. The van der Waals surface area contributed by atoms with E-state index in [0.29, 0.717) is 11.5 Å². The number of nitrogens with one attached hydrogen (secondary N) is 1. The fraction of sp³-hybridized carbons (Fsp3) is 0.538. The van der Waals surface area contributed by atoms with Crippen LogP contribution in [0.2, 0.25) is 0 Å². The van der Waals surface area contributed by atoms with Gasteiger partial charge >= 0.3 is 0 Å². The summed E-state index contributed by atoms with van der Waals surface area (Å²) in [5.41, 5.74) is 1.69. The smallest absolute Gasteiger partial charge is 0.272 e. The Balaban J connectivity index is 2.10. The molecule has 0 heterocycles. The van der Waals surface area contributed by atoms with Crippen molar-refractivity contribution in [1.29, 1.82) is 0 Å². The molecular formula is C13H18N2O3. The average Bonchev–Trinajstić information content (AvgIpc) is 2.76. The highest BCUT2D eigenvalue weighted by Gasteiger charge is 2.26. The maximum atomic E-state index is 10.7. The quantitative estimate of drug-likeness (QED) is 0.636. The summed E-state index contributed by atoms with van der Waals surface area (Å²) in [5, 5.41) is 23.4. The van der Waals surface area contributed by atoms with Gasteiger partial charge in [0.2, 0.25) is 0 Å². The van der Waals surface area contributed by atoms with Crippen LogP contribution in [0, 0.1) is 23.0 Å². The van der Waals surface area contributed by atoms with Crippen molar-refractivity contribution in [2.24, 2.45) is 5.92 Å². The molecule has 5 heteroatoms. The first-order chi connectivity index (χ1) is 8.61. The second-order valence-electron chi connectivity index (χ2n) is 4.88. The maximum absolute atomic E-state index is 10.7. The number of nitro groups is 1. The van der Waals surface area contributed by atoms with Gasteiger partial charge in [0.05, 0.1) is 4.92 Å². The lowest BCUT2D eigenvalue weighted by Gasteiger charge is -2.20. The van der Waals surface area contributed by atoms with Crippen LogP contribution in [-0.2, 0) is 0 Å². The Morgan fingerprint density at radius 1 is 1.50 bits per heavy atom. The predicted octanol–water partition coefficient (Wildman–Crippen LogP) is 2.48. The number of aliphatic hydroxyl groups is 1. The third-order valence-electron chi connectivity index (χ3n) is 3.64. The van der Waals surface area contributed by atoms with E-state index in [4.69, 9.17) is 0 Å². The van der Waals surface area contributed by atoms with Crippen molar-refractivity contribution in [1.82, 2.24) is 0 Å². The summed E-state index contributed by atoms with van der Waals surface area (Å²) >= 11 is 0. The summed E-state index contributed by atoms with van der Waals surface area (Å²) in [6.07, 6.45) is 3.20. The number of anilines is 1. The van der Waals surface area contributed by atoms with Gasteiger partial charge in [-0.15, -0.1) is 0 Å². The molecule has 1 aromatic carbocycles. The number of hydrogen-bond donors (Lipinski definition) is 2. The number of aliphatic hydroxyl groups excluding tert-OH is 1. The Hall–Kier alpha value is -1.62. The van der Waals surface area contributed by atoms with Gasteiger partial charge in [0, 0.05) is 35.9 Å². The van der Waals surface area contributed by atoms with Crippen molar-refractivity contribution < 1.29 is 10.0 Å². The molecule has 0 radical (unpaired) electrons. The second kappa shape index (κ2) is 5.35. The second-order valence-corrected chi connectivity index (χ2v) is 4.88. The lowest BCUT2D eigenvalue weighted by atomic mass is 10.0. The van der Waals surface area contributed by atoms with E-state index >= 15 is 0 Å². The molecule has 0 aromatic heterocycles. The van der Waals surface area contributed by atoms with E-state index in [1.165, 1.54) is 6.07 Å². The van der Waals surface area contributed by atoms with E-state index in [1.54, 1.807) is 19.1 Å². The van der Waals surface area contributed by atoms with Crippen LogP contribution >= 0.6 is 0 Å². The van der Waals surface area contributed by atoms with E-state index in [0.717, 1.165) is 24.9 Å². The van der Waals surface area contributed by atoms with Crippen molar-refractivity contribution in [2.45, 2.75) is 32.2 Å². The largest absolute Gasteiger partial charge is 0.396 e. The Morgan fingerprint density at radius 2 is 2.28 bits per heavy atom. The summed E-state index contributed by atoms with van der Waals surface area (Å²) in [5.74, 6) is 0.292. The van der Waals surface area contributed by atoms with E-state index in [2.05, 4.69) is 5.32 Å². The summed E-state index contributed by atoms with van der Waals surface area (Å²) in [6.45, 7) is 1.94. The first kappa shape index (κ1) is 12.8. The Labute approximate surface area is 106 Å². The van der Waals surface area contributed by atoms with Crippen molar-refractivity contribution in [2.75, 3.05) is 11.9 Å². The Morgan fingerprint density at radius 3 is 2.89 bits per heavy atom. The SMILES string of the molecule is Cc1cc(NC2CCCC2CO)ccc1[N+](=O)[O-]. The van der Waals surface area contributed by atoms with Gasteiger partial charge in [-0.25, -0.2) is 0 Å². The minimum atomic E-state index is -0.370. The van der Waals surface area contributed by atoms with Gasteiger partial charge in [-0.05, 0) is 31.9 Å². The van der Waals surface area contributed by atoms with Gasteiger partial charge in [-0.2, -0.15) is 0 Å². The molecule has 2 N–H and O–H groups in total. The lowest BCUT2D eigenvalue weighted by molar-refractivity contribution is -0.385. The highest BCUT2D eigenvalue weighted by molar-refractivity contribution is 5.54. The maximum Gasteiger partial charge on any atom is 0.272 e. The molecule has 2 rings (SSSR count). The van der Waals surface area contributed by atoms with Crippen LogP contribution < -0.4 is 5.32 Å². The number of hydrogen-bond acceptors (Lipinski definition) is 4. The van der Waals surface area contributed by atoms with Crippen LogP contribution in [0.15, 0.2) is 18.2 Å². The van der Waals surface area contributed by atoms with Crippen LogP contribution in [0.5, 0.6) is 0 Å². The van der Waals surface area contributed by atoms with Crippen LogP contribution in [0.4, 0.5) is 11.4 Å². The minimum absolute atomic E-state index is 0.144. The Bertz CT molecular complexity index is 448. The zero-order chi connectivity index (χ0) is 13.1. The van der Waals surface area contributed by atoms with E-state index in [9.17, 15) is 15.2 Å². The minimum Gasteiger partial charge on any atom is -0.396 e. The Kier molecular flexibility index (Phi) is 3.81. The topological polar surface area (TPSA) is 75.4 Å². The van der Waals surface area contributed by atoms with Crippen LogP contribution in [-0.4, -0.2) is 22.7 Å². The van der Waals surface area contributed by atoms with Gasteiger partial charge in [0.15, 0.2) is 0 Å². The normalized spacial score (nSPS) is 23.0. The molecule has 1 aliphatic rings. The molecule has 1 aliphatic carbocycles. The molecule has 5 nitrogen and oxygen atoms in total. The van der Waals surface area contributed by atoms with Gasteiger partial charge in [-0.1, -0.05) is 6.42 Å². The summed E-state index contributed by atoms with van der Waals surface area (Å²) in [7, 11) is 0. The van der Waals surface area contributed by atoms with Gasteiger partial charge in [-0.3, -0.25) is 10.1 Å². The number of rotatable bonds is 4. The third-order valence-corrected chi connectivity index (χ3v) is 3.64. The van der Waals surface area contributed by atoms with E-state index in [-0.39, 0.29) is 23.3 Å². The molecule has 0 bridgehead atoms. The van der Waals surface area contributed by atoms with Crippen molar-refractivity contribution in [3.63, 3.8) is 0 Å². The van der Waals surface area contributed by atoms with Crippen LogP contribution in [0.3, 0.4) is 0 Å². The fourth-order valence-electron chi connectivity index (χ4n) is 2.61. The molecule has 1 aromatic rings. The highest BCUT2D eigenvalue weighted by Crippen LogP contribution is 2.29. The molecule has 0 spiro atoms. The average molecular weight is 250 g/mol. The molecule has 2 unspecified atom stereocenters. The summed E-state index contributed by atoms with van der Waals surface area (Å²) in [4.78, 5) is 10.4. The van der Waals surface area contributed by atoms with Crippen LogP contribution in [0.25, 0.3) is 0 Å². The number of nitro benzene ring substituents is 1. The number of nitrogens with zero attached hydrogens (tertiary/aromatic N) is 1. The highest BCUT2D eigenvalue weighted by atomic mass is 16.6. The van der Waals surface area contributed by atoms with Crippen LogP contribution in [0.1, 0.15) is 24.8 Å². The first-order valence-electron chi connectivity index (χ1n) is 6.24. The third kappa shape index (κ3) is 2.61. The van der Waals surface area contributed by atoms with E-state index < -0.39 is 0 Å². The first-order valence-corrected chi connectivity index (χ1v) is 6.24. The molecule has 98 valence electrons. The molecule has 0 aliphatic heterocycles. The van der Waals surface area contributed by atoms with E-state index in [1.807, 2.05) is 0 Å². The zero-order valence-corrected chi connectivity index (χ0v) is 10.4. The molecule has 1 saturated carbocycles. The molecule has 2 atom stereocenters. The molecule has 1 fully saturated rings. The number of benzene rings is 1. The van der Waals surface area contributed by atoms with Crippen molar-refractivity contribution in [3.8, 4) is 0 Å². The predicted molar refractivity (Wildman–Crippen MR) is 69.7 cm³/mol. The van der Waals surface area contributed by atoms with Crippen molar-refractivity contribution in [3.05, 3.63) is 33.9 Å². The lowest BCUT2D eigenvalue weighted by Crippen LogP contribution is -2.26. The number of aryl methyl sites for hydroxylation is 1. The standard InChI is InChI=1S/C13H18N2O3/c1-9-7-11(5-6-13(9)15(17)18)14-12-4-2-3-10(12)8-16/h5-7,10,12,14,16H,2-4,8H2,1H3. The molecule has 18 heavy (non-hydrogen) atoms. The van der Waals surface area contributed by atoms with Gasteiger partial charge < -0.3 is 10.4 Å². The van der Waals surface area contributed by atoms with Gasteiger partial charge in [0.25, 0.3) is 5.69 Å². The molecular weight excluding hydrogens is 232 g/mol. The molecule has 0 amide bonds. The summed E-state index contributed by atoms with van der Waals surface area (Å²) in [6, 6.07) is 5.33. The fourth-order valence-corrected chi connectivity index (χ4v) is 2.61. The monoisotopic (exact) mass is 250 g/mol. The molecule has 0 saturated heterocycles.